The predicted molar refractivity (Wildman–Crippen MR) is 143 cm³/mol. The molecule has 0 aliphatic heterocycles. The van der Waals surface area contributed by atoms with Gasteiger partial charge in [-0.25, -0.2) is 0 Å². The molecule has 0 saturated carbocycles. The average molecular weight is 477 g/mol. The number of hydrogen-bond donors (Lipinski definition) is 1. The second-order valence-corrected chi connectivity index (χ2v) is 8.22. The van der Waals surface area contributed by atoms with Crippen molar-refractivity contribution in [3.05, 3.63) is 53.5 Å². The van der Waals surface area contributed by atoms with Gasteiger partial charge in [-0.15, -0.1) is 0 Å². The number of para-hydroxylation sites is 1. The fourth-order valence-corrected chi connectivity index (χ4v) is 2.74. The molecular weight excluding hydrogens is 428 g/mol. The van der Waals surface area contributed by atoms with Crippen LogP contribution < -0.4 is 10.2 Å². The van der Waals surface area contributed by atoms with Crippen molar-refractivity contribution in [3.63, 3.8) is 0 Å². The molecule has 0 aliphatic rings. The number of nitrogens with one attached hydrogen (secondary N) is 1. The van der Waals surface area contributed by atoms with Gasteiger partial charge in [-0.3, -0.25) is 9.59 Å². The van der Waals surface area contributed by atoms with E-state index < -0.39 is 0 Å². The largest absolute Gasteiger partial charge is 0.469 e. The molecule has 2 amide bonds. The number of carbonyl (C=O) groups excluding carboxylic acids is 2. The summed E-state index contributed by atoms with van der Waals surface area (Å²) in [4.78, 5) is 24.8. The quantitative estimate of drug-likeness (QED) is 0.492. The molecule has 0 saturated heterocycles. The molecule has 2 aromatic rings. The van der Waals surface area contributed by atoms with Crippen molar-refractivity contribution in [3.8, 4) is 0 Å². The first-order valence-electron chi connectivity index (χ1n) is 12.1. The molecule has 1 aromatic heterocycles. The van der Waals surface area contributed by atoms with Crippen molar-refractivity contribution < 1.29 is 18.7 Å². The van der Waals surface area contributed by atoms with Crippen molar-refractivity contribution >= 4 is 17.5 Å². The van der Waals surface area contributed by atoms with Crippen LogP contribution in [-0.2, 0) is 20.9 Å². The summed E-state index contributed by atoms with van der Waals surface area (Å²) in [5.41, 5.74) is 3.24. The Kier molecular flexibility index (Phi) is 19.6. The summed E-state index contributed by atoms with van der Waals surface area (Å²) in [6.45, 7) is 19.1. The first-order valence-corrected chi connectivity index (χ1v) is 12.1. The lowest BCUT2D eigenvalue weighted by atomic mass is 10.0. The third-order valence-electron chi connectivity index (χ3n) is 4.85. The number of ether oxygens (including phenoxy) is 1. The maximum Gasteiger partial charge on any atom is 0.229 e. The normalized spacial score (nSPS) is 10.5. The minimum atomic E-state index is -0.0226. The van der Waals surface area contributed by atoms with Gasteiger partial charge < -0.3 is 19.4 Å². The third-order valence-corrected chi connectivity index (χ3v) is 4.85. The van der Waals surface area contributed by atoms with Gasteiger partial charge in [0.1, 0.15) is 5.76 Å². The van der Waals surface area contributed by atoms with Crippen molar-refractivity contribution in [2.45, 2.75) is 75.3 Å². The average Bonchev–Trinajstić information content (AvgIpc) is 3.23. The summed E-state index contributed by atoms with van der Waals surface area (Å²) >= 11 is 0. The van der Waals surface area contributed by atoms with E-state index in [-0.39, 0.29) is 17.7 Å². The number of anilines is 1. The smallest absolute Gasteiger partial charge is 0.229 e. The second kappa shape index (κ2) is 19.8. The Labute approximate surface area is 208 Å². The number of aryl methyl sites for hydroxylation is 2. The van der Waals surface area contributed by atoms with Gasteiger partial charge >= 0.3 is 0 Å². The van der Waals surface area contributed by atoms with Crippen LogP contribution in [0.4, 0.5) is 5.69 Å². The number of hydrogen-bond acceptors (Lipinski definition) is 4. The summed E-state index contributed by atoms with van der Waals surface area (Å²) in [5.74, 6) is 1.61. The summed E-state index contributed by atoms with van der Waals surface area (Å²) < 4.78 is 9.30. The van der Waals surface area contributed by atoms with Crippen molar-refractivity contribution in [2.75, 3.05) is 25.7 Å². The van der Waals surface area contributed by atoms with Crippen LogP contribution in [0.1, 0.15) is 71.8 Å². The Morgan fingerprint density at radius 1 is 1.06 bits per heavy atom. The number of methoxy groups -OCH3 is 1. The lowest BCUT2D eigenvalue weighted by molar-refractivity contribution is -0.121. The molecule has 194 valence electrons. The van der Waals surface area contributed by atoms with Crippen LogP contribution in [0.15, 0.2) is 41.0 Å². The van der Waals surface area contributed by atoms with E-state index in [4.69, 9.17) is 4.42 Å². The van der Waals surface area contributed by atoms with E-state index in [1.165, 1.54) is 6.92 Å². The molecule has 34 heavy (non-hydrogen) atoms. The zero-order chi connectivity index (χ0) is 26.7. The van der Waals surface area contributed by atoms with E-state index >= 15 is 0 Å². The monoisotopic (exact) mass is 476 g/mol. The molecule has 1 N–H and O–H groups in total. The Bertz CT molecular complexity index is 799. The van der Waals surface area contributed by atoms with Crippen LogP contribution >= 0.6 is 0 Å². The first kappa shape index (κ1) is 33.6. The standard InChI is InChI=1S/C16H25NO.C8H11NO2.C2H6O.C2H6/c1-6-13(4)11-17(16(18)12(2)3)15-10-8-7-9-14(15)5;1-6-8(3-4-11-6)5-9-7(2)10;1-3-2;1-2/h7-10,12-13H,6,11H2,1-5H3;3-4H,5H2,1-2H3,(H,9,10);1-2H3;1-2H3. The third kappa shape index (κ3) is 13.8. The Morgan fingerprint density at radius 2 is 1.62 bits per heavy atom. The van der Waals surface area contributed by atoms with Gasteiger partial charge in [0.2, 0.25) is 11.8 Å². The molecule has 0 spiro atoms. The van der Waals surface area contributed by atoms with Crippen LogP contribution in [0.2, 0.25) is 0 Å². The lowest BCUT2D eigenvalue weighted by Crippen LogP contribution is -2.38. The van der Waals surface area contributed by atoms with Crippen LogP contribution in [0.5, 0.6) is 0 Å². The number of furan rings is 1. The fourth-order valence-electron chi connectivity index (χ4n) is 2.74. The van der Waals surface area contributed by atoms with Gasteiger partial charge in [0, 0.05) is 51.4 Å². The molecule has 0 aliphatic carbocycles. The maximum absolute atomic E-state index is 12.4. The van der Waals surface area contributed by atoms with Crippen LogP contribution in [-0.4, -0.2) is 32.6 Å². The van der Waals surface area contributed by atoms with Gasteiger partial charge in [0.25, 0.3) is 0 Å². The first-order chi connectivity index (χ1) is 16.1. The molecule has 1 aromatic carbocycles. The second-order valence-electron chi connectivity index (χ2n) is 8.22. The molecular formula is C28H48N2O4. The maximum atomic E-state index is 12.4. The number of benzene rings is 1. The van der Waals surface area contributed by atoms with Gasteiger partial charge in [0.15, 0.2) is 0 Å². The van der Waals surface area contributed by atoms with E-state index in [1.54, 1.807) is 20.5 Å². The minimum Gasteiger partial charge on any atom is -0.469 e. The summed E-state index contributed by atoms with van der Waals surface area (Å²) in [5, 5.41) is 2.69. The molecule has 0 fully saturated rings. The van der Waals surface area contributed by atoms with E-state index in [1.807, 2.05) is 63.8 Å². The number of amides is 2. The fraction of sp³-hybridized carbons (Fsp3) is 0.571. The molecule has 1 unspecified atom stereocenters. The van der Waals surface area contributed by atoms with Gasteiger partial charge in [-0.2, -0.15) is 0 Å². The van der Waals surface area contributed by atoms with Crippen LogP contribution in [0.3, 0.4) is 0 Å². The zero-order valence-electron chi connectivity index (χ0n) is 23.3. The highest BCUT2D eigenvalue weighted by Gasteiger charge is 2.21. The molecule has 2 rings (SSSR count). The molecule has 6 heteroatoms. The summed E-state index contributed by atoms with van der Waals surface area (Å²) in [6.07, 6.45) is 2.71. The van der Waals surface area contributed by atoms with Gasteiger partial charge in [-0.1, -0.05) is 66.2 Å². The summed E-state index contributed by atoms with van der Waals surface area (Å²) in [6, 6.07) is 9.97. The van der Waals surface area contributed by atoms with E-state index in [0.717, 1.165) is 35.5 Å². The van der Waals surface area contributed by atoms with E-state index in [9.17, 15) is 9.59 Å². The van der Waals surface area contributed by atoms with Crippen LogP contribution in [0, 0.1) is 25.7 Å². The van der Waals surface area contributed by atoms with Crippen LogP contribution in [0.25, 0.3) is 0 Å². The highest BCUT2D eigenvalue weighted by molar-refractivity contribution is 5.95. The predicted octanol–water partition coefficient (Wildman–Crippen LogP) is 6.54. The van der Waals surface area contributed by atoms with Gasteiger partial charge in [-0.05, 0) is 37.5 Å². The van der Waals surface area contributed by atoms with E-state index in [0.29, 0.717) is 12.5 Å². The van der Waals surface area contributed by atoms with Crippen molar-refractivity contribution in [2.24, 2.45) is 11.8 Å². The van der Waals surface area contributed by atoms with Gasteiger partial charge in [0.05, 0.1) is 6.26 Å². The Morgan fingerprint density at radius 3 is 2.03 bits per heavy atom. The van der Waals surface area contributed by atoms with E-state index in [2.05, 4.69) is 36.9 Å². The number of carbonyl (C=O) groups is 2. The lowest BCUT2D eigenvalue weighted by Gasteiger charge is -2.28. The molecule has 6 nitrogen and oxygen atoms in total. The zero-order valence-corrected chi connectivity index (χ0v) is 23.3. The topological polar surface area (TPSA) is 71.8 Å². The highest BCUT2D eigenvalue weighted by atomic mass is 16.4. The SMILES string of the molecule is CC.CC(=O)NCc1ccoc1C.CCC(C)CN(C(=O)C(C)C)c1ccccc1C.COC. The molecule has 0 bridgehead atoms. The van der Waals surface area contributed by atoms with Crippen molar-refractivity contribution in [1.29, 1.82) is 0 Å². The Hall–Kier alpha value is -2.60. The summed E-state index contributed by atoms with van der Waals surface area (Å²) in [7, 11) is 3.25. The van der Waals surface area contributed by atoms with Crippen molar-refractivity contribution in [1.82, 2.24) is 5.32 Å². The minimum absolute atomic E-state index is 0.0226. The molecule has 1 atom stereocenters. The number of nitrogens with zero attached hydrogens (tertiary/aromatic N) is 1. The number of rotatable bonds is 7. The Balaban J connectivity index is 0. The molecule has 0 radical (unpaired) electrons. The highest BCUT2D eigenvalue weighted by Crippen LogP contribution is 2.23. The molecule has 1 heterocycles.